The minimum Gasteiger partial charge on any atom is -0.351 e. The fraction of sp³-hybridized carbons (Fsp3) is 0.235. The van der Waals surface area contributed by atoms with Gasteiger partial charge in [-0.2, -0.15) is 5.26 Å². The van der Waals surface area contributed by atoms with Gasteiger partial charge in [-0.25, -0.2) is 13.4 Å². The Hall–Kier alpha value is -2.52. The van der Waals surface area contributed by atoms with Gasteiger partial charge in [0.2, 0.25) is 10.0 Å². The molecule has 0 radical (unpaired) electrons. The second-order valence-corrected chi connectivity index (χ2v) is 9.67. The van der Waals surface area contributed by atoms with Gasteiger partial charge in [-0.15, -0.1) is 11.3 Å². The molecule has 0 aliphatic carbocycles. The van der Waals surface area contributed by atoms with Gasteiger partial charge >= 0.3 is 0 Å². The second-order valence-electron chi connectivity index (χ2n) is 6.14. The van der Waals surface area contributed by atoms with Gasteiger partial charge in [0.15, 0.2) is 6.19 Å². The molecule has 2 aromatic rings. The zero-order valence-corrected chi connectivity index (χ0v) is 18.6. The smallest absolute Gasteiger partial charge is 0.258 e. The summed E-state index contributed by atoms with van der Waals surface area (Å²) in [4.78, 5) is 17.7. The first-order valence-electron chi connectivity index (χ1n) is 8.61. The second kappa shape index (κ2) is 9.09. The van der Waals surface area contributed by atoms with Crippen LogP contribution in [0.2, 0.25) is 10.0 Å². The third-order valence-electron chi connectivity index (χ3n) is 4.01. The maximum atomic E-state index is 12.9. The molecule has 9 nitrogen and oxygen atoms in total. The number of sulfonamides is 1. The first-order valence-corrected chi connectivity index (χ1v) is 11.9. The number of nitrogens with one attached hydrogen (secondary N) is 4. The van der Waals surface area contributed by atoms with Crippen LogP contribution in [0, 0.1) is 11.5 Å². The van der Waals surface area contributed by atoms with Crippen molar-refractivity contribution in [2.24, 2.45) is 4.99 Å². The number of fused-ring (bicyclic) bond motifs is 1. The number of hydrogen-bond donors (Lipinski definition) is 4. The number of anilines is 2. The molecule has 1 atom stereocenters. The predicted octanol–water partition coefficient (Wildman–Crippen LogP) is 3.79. The van der Waals surface area contributed by atoms with Crippen molar-refractivity contribution in [2.75, 3.05) is 15.8 Å². The SMILES string of the molecule is CCCS(=O)(=O)Nc1ccc(Cl)c(NC(=O)c2csc3c2N=CNC3NC#N)c1Cl. The number of halogens is 2. The van der Waals surface area contributed by atoms with Crippen LogP contribution < -0.4 is 20.7 Å². The molecule has 1 aliphatic heterocycles. The molecule has 4 N–H and O–H groups in total. The number of hydrogen-bond acceptors (Lipinski definition) is 8. The molecule has 1 unspecified atom stereocenters. The maximum Gasteiger partial charge on any atom is 0.258 e. The van der Waals surface area contributed by atoms with Crippen molar-refractivity contribution in [1.82, 2.24) is 10.6 Å². The zero-order valence-electron chi connectivity index (χ0n) is 15.5. The number of nitriles is 1. The Bertz CT molecular complexity index is 1160. The molecule has 1 aliphatic rings. The number of benzene rings is 1. The quantitative estimate of drug-likeness (QED) is 0.347. The van der Waals surface area contributed by atoms with E-state index in [1.807, 2.05) is 6.19 Å². The molecule has 0 saturated heterocycles. The summed E-state index contributed by atoms with van der Waals surface area (Å²) in [6.07, 6.45) is 3.19. The molecule has 1 amide bonds. The lowest BCUT2D eigenvalue weighted by Crippen LogP contribution is -2.31. The van der Waals surface area contributed by atoms with Crippen LogP contribution in [-0.4, -0.2) is 26.4 Å². The summed E-state index contributed by atoms with van der Waals surface area (Å²) in [6, 6.07) is 2.86. The minimum absolute atomic E-state index is 0.0335. The molecular weight excluding hydrogens is 471 g/mol. The lowest BCUT2D eigenvalue weighted by atomic mass is 10.2. The highest BCUT2D eigenvalue weighted by atomic mass is 35.5. The Kier molecular flexibility index (Phi) is 6.72. The number of aliphatic imine (C=N–C) groups is 1. The normalized spacial score (nSPS) is 14.9. The van der Waals surface area contributed by atoms with E-state index in [1.54, 1.807) is 12.3 Å². The van der Waals surface area contributed by atoms with Gasteiger partial charge in [-0.05, 0) is 18.6 Å². The number of nitrogens with zero attached hydrogens (tertiary/aromatic N) is 2. The van der Waals surface area contributed by atoms with Crippen LogP contribution in [0.3, 0.4) is 0 Å². The van der Waals surface area contributed by atoms with Crippen molar-refractivity contribution in [1.29, 1.82) is 5.26 Å². The van der Waals surface area contributed by atoms with E-state index in [1.165, 1.54) is 29.8 Å². The van der Waals surface area contributed by atoms with Gasteiger partial charge in [0.05, 0.1) is 49.6 Å². The third kappa shape index (κ3) is 4.62. The van der Waals surface area contributed by atoms with E-state index in [0.29, 0.717) is 17.0 Å². The number of rotatable bonds is 7. The minimum atomic E-state index is -3.58. The van der Waals surface area contributed by atoms with E-state index in [-0.39, 0.29) is 32.7 Å². The molecule has 0 saturated carbocycles. The van der Waals surface area contributed by atoms with Crippen LogP contribution in [0.15, 0.2) is 22.5 Å². The lowest BCUT2D eigenvalue weighted by Gasteiger charge is -2.18. The van der Waals surface area contributed by atoms with E-state index in [9.17, 15) is 13.2 Å². The molecular formula is C17H16Cl2N6O3S2. The Morgan fingerprint density at radius 1 is 1.40 bits per heavy atom. The lowest BCUT2D eigenvalue weighted by molar-refractivity contribution is 0.102. The summed E-state index contributed by atoms with van der Waals surface area (Å²) in [5, 5.41) is 18.7. The van der Waals surface area contributed by atoms with Crippen LogP contribution >= 0.6 is 34.5 Å². The van der Waals surface area contributed by atoms with E-state index >= 15 is 0 Å². The van der Waals surface area contributed by atoms with Crippen LogP contribution in [0.25, 0.3) is 0 Å². The van der Waals surface area contributed by atoms with Crippen LogP contribution in [0.5, 0.6) is 0 Å². The van der Waals surface area contributed by atoms with Crippen LogP contribution in [0.4, 0.5) is 17.1 Å². The van der Waals surface area contributed by atoms with Crippen molar-refractivity contribution in [2.45, 2.75) is 19.5 Å². The summed E-state index contributed by atoms with van der Waals surface area (Å²) in [5.41, 5.74) is 0.861. The Morgan fingerprint density at radius 2 is 2.17 bits per heavy atom. The third-order valence-corrected chi connectivity index (χ3v) is 7.23. The molecule has 2 heterocycles. The molecule has 13 heteroatoms. The van der Waals surface area contributed by atoms with E-state index < -0.39 is 22.1 Å². The molecule has 0 spiro atoms. The number of carbonyl (C=O) groups is 1. The van der Waals surface area contributed by atoms with Crippen molar-refractivity contribution in [3.63, 3.8) is 0 Å². The summed E-state index contributed by atoms with van der Waals surface area (Å²) in [7, 11) is -3.58. The van der Waals surface area contributed by atoms with Crippen molar-refractivity contribution in [3.05, 3.63) is 38.0 Å². The van der Waals surface area contributed by atoms with Gasteiger partial charge in [0.25, 0.3) is 5.91 Å². The topological polar surface area (TPSA) is 135 Å². The molecule has 158 valence electrons. The molecule has 1 aromatic carbocycles. The monoisotopic (exact) mass is 486 g/mol. The molecule has 1 aromatic heterocycles. The van der Waals surface area contributed by atoms with Crippen molar-refractivity contribution in [3.8, 4) is 6.19 Å². The highest BCUT2D eigenvalue weighted by Crippen LogP contribution is 2.40. The molecule has 0 bridgehead atoms. The molecule has 30 heavy (non-hydrogen) atoms. The van der Waals surface area contributed by atoms with Gasteiger partial charge in [0, 0.05) is 5.38 Å². The predicted molar refractivity (Wildman–Crippen MR) is 119 cm³/mol. The van der Waals surface area contributed by atoms with Gasteiger partial charge in [0.1, 0.15) is 6.17 Å². The maximum absolute atomic E-state index is 12.9. The average Bonchev–Trinajstić information content (AvgIpc) is 3.13. The first kappa shape index (κ1) is 22.2. The standard InChI is InChI=1S/C17H16Cl2N6O3S2/c1-2-5-30(27,28)25-11-4-3-10(18)14(12(11)19)24-17(26)9-6-29-15-13(9)22-8-23-16(15)21-7-20/h3-4,6,8,16,21,25H,2,5H2,1H3,(H,22,23)(H,24,26). The fourth-order valence-electron chi connectivity index (χ4n) is 2.70. The fourth-order valence-corrected chi connectivity index (χ4v) is 5.42. The zero-order chi connectivity index (χ0) is 21.9. The summed E-state index contributed by atoms with van der Waals surface area (Å²) >= 11 is 13.8. The summed E-state index contributed by atoms with van der Waals surface area (Å²) in [5.74, 6) is -0.599. The van der Waals surface area contributed by atoms with Crippen LogP contribution in [-0.2, 0) is 10.0 Å². The van der Waals surface area contributed by atoms with E-state index in [0.717, 1.165) is 0 Å². The summed E-state index contributed by atoms with van der Waals surface area (Å²) in [6.45, 7) is 1.74. The van der Waals surface area contributed by atoms with Crippen molar-refractivity contribution >= 4 is 73.9 Å². The van der Waals surface area contributed by atoms with Gasteiger partial charge < -0.3 is 10.6 Å². The van der Waals surface area contributed by atoms with Crippen molar-refractivity contribution < 1.29 is 13.2 Å². The molecule has 3 rings (SSSR count). The van der Waals surface area contributed by atoms with Gasteiger partial charge in [-0.3, -0.25) is 14.8 Å². The molecule has 0 fully saturated rings. The summed E-state index contributed by atoms with van der Waals surface area (Å²) < 4.78 is 26.5. The van der Waals surface area contributed by atoms with E-state index in [2.05, 4.69) is 25.7 Å². The number of carbonyl (C=O) groups excluding carboxylic acids is 1. The Morgan fingerprint density at radius 3 is 2.87 bits per heavy atom. The average molecular weight is 487 g/mol. The Labute approximate surface area is 187 Å². The number of thiophene rings is 1. The largest absolute Gasteiger partial charge is 0.351 e. The van der Waals surface area contributed by atoms with Gasteiger partial charge in [-0.1, -0.05) is 30.1 Å². The first-order chi connectivity index (χ1) is 14.3. The highest BCUT2D eigenvalue weighted by Gasteiger charge is 2.26. The Balaban J connectivity index is 1.89. The van der Waals surface area contributed by atoms with Crippen LogP contribution in [0.1, 0.15) is 34.7 Å². The van der Waals surface area contributed by atoms with E-state index in [4.69, 9.17) is 28.5 Å². The highest BCUT2D eigenvalue weighted by molar-refractivity contribution is 7.92. The number of amides is 1.